The van der Waals surface area contributed by atoms with Gasteiger partial charge in [-0.1, -0.05) is 30.1 Å². The van der Waals surface area contributed by atoms with Crippen molar-refractivity contribution in [2.75, 3.05) is 35.0 Å². The van der Waals surface area contributed by atoms with Crippen LogP contribution in [-0.4, -0.2) is 45.6 Å². The Labute approximate surface area is 223 Å². The van der Waals surface area contributed by atoms with Gasteiger partial charge in [0.25, 0.3) is 5.56 Å². The van der Waals surface area contributed by atoms with Crippen LogP contribution in [0.25, 0.3) is 6.08 Å². The maximum atomic E-state index is 13.9. The predicted octanol–water partition coefficient (Wildman–Crippen LogP) is 3.00. The summed E-state index contributed by atoms with van der Waals surface area (Å²) in [6.07, 6.45) is 3.22. The Hall–Kier alpha value is -4.31. The van der Waals surface area contributed by atoms with E-state index < -0.39 is 12.0 Å². The zero-order valence-electron chi connectivity index (χ0n) is 21.8. The van der Waals surface area contributed by atoms with Gasteiger partial charge in [0.1, 0.15) is 18.1 Å². The van der Waals surface area contributed by atoms with Gasteiger partial charge in [-0.05, 0) is 42.8 Å². The van der Waals surface area contributed by atoms with Gasteiger partial charge in [0, 0.05) is 11.6 Å². The van der Waals surface area contributed by atoms with Crippen molar-refractivity contribution in [1.82, 2.24) is 4.57 Å². The fourth-order valence-corrected chi connectivity index (χ4v) is 5.25. The van der Waals surface area contributed by atoms with Gasteiger partial charge in [0.05, 0.1) is 50.3 Å². The maximum absolute atomic E-state index is 13.9. The SMILES string of the molecule is C=CCOC(=O)C1=C(C)N=c2s/c(=C\c3ccc(OC)cc3OC)c(=O)n2[C@H]1c1ccc(OC)c(OC)c1. The molecular formula is C28H28N2O7S. The van der Waals surface area contributed by atoms with Crippen LogP contribution in [0.4, 0.5) is 0 Å². The second-order valence-corrected chi connectivity index (χ2v) is 9.20. The lowest BCUT2D eigenvalue weighted by atomic mass is 9.95. The van der Waals surface area contributed by atoms with Crippen molar-refractivity contribution in [1.29, 1.82) is 0 Å². The highest BCUT2D eigenvalue weighted by Gasteiger charge is 2.34. The van der Waals surface area contributed by atoms with Crippen molar-refractivity contribution in [3.05, 3.63) is 91.1 Å². The molecule has 0 saturated heterocycles. The molecule has 198 valence electrons. The van der Waals surface area contributed by atoms with Gasteiger partial charge in [0.15, 0.2) is 16.3 Å². The molecule has 0 spiro atoms. The topological polar surface area (TPSA) is 97.6 Å². The molecule has 3 aromatic rings. The summed E-state index contributed by atoms with van der Waals surface area (Å²) < 4.78 is 29.0. The van der Waals surface area contributed by atoms with E-state index in [1.165, 1.54) is 36.2 Å². The van der Waals surface area contributed by atoms with E-state index in [4.69, 9.17) is 23.7 Å². The molecule has 0 saturated carbocycles. The first-order valence-electron chi connectivity index (χ1n) is 11.6. The van der Waals surface area contributed by atoms with E-state index in [1.54, 1.807) is 57.6 Å². The van der Waals surface area contributed by atoms with Crippen LogP contribution in [0, 0.1) is 0 Å². The lowest BCUT2D eigenvalue weighted by Crippen LogP contribution is -2.40. The number of ether oxygens (including phenoxy) is 5. The van der Waals surface area contributed by atoms with Crippen LogP contribution < -0.4 is 33.8 Å². The number of methoxy groups -OCH3 is 4. The Morgan fingerprint density at radius 1 is 1.03 bits per heavy atom. The quantitative estimate of drug-likeness (QED) is 0.306. The lowest BCUT2D eigenvalue weighted by Gasteiger charge is -2.25. The molecule has 2 heterocycles. The van der Waals surface area contributed by atoms with Crippen molar-refractivity contribution in [3.8, 4) is 23.0 Å². The van der Waals surface area contributed by atoms with Gasteiger partial charge in [0.2, 0.25) is 0 Å². The molecule has 10 heteroatoms. The molecule has 4 rings (SSSR count). The summed E-state index contributed by atoms with van der Waals surface area (Å²) in [4.78, 5) is 32.1. The minimum Gasteiger partial charge on any atom is -0.497 e. The third kappa shape index (κ3) is 4.95. The lowest BCUT2D eigenvalue weighted by molar-refractivity contribution is -0.138. The van der Waals surface area contributed by atoms with E-state index in [1.807, 2.05) is 6.07 Å². The highest BCUT2D eigenvalue weighted by Crippen LogP contribution is 2.36. The van der Waals surface area contributed by atoms with Gasteiger partial charge >= 0.3 is 5.97 Å². The Balaban J connectivity index is 1.96. The number of fused-ring (bicyclic) bond motifs is 1. The number of benzene rings is 2. The summed E-state index contributed by atoms with van der Waals surface area (Å²) in [7, 11) is 6.18. The number of allylic oxidation sites excluding steroid dienone is 1. The first-order valence-corrected chi connectivity index (χ1v) is 12.4. The van der Waals surface area contributed by atoms with E-state index in [-0.39, 0.29) is 17.7 Å². The first kappa shape index (κ1) is 26.7. The summed E-state index contributed by atoms with van der Waals surface area (Å²) in [5.74, 6) is 1.58. The molecule has 9 nitrogen and oxygen atoms in total. The van der Waals surface area contributed by atoms with Crippen molar-refractivity contribution in [3.63, 3.8) is 0 Å². The Morgan fingerprint density at radius 2 is 1.76 bits per heavy atom. The number of thiazole rings is 1. The molecule has 1 atom stereocenters. The van der Waals surface area contributed by atoms with Crippen LogP contribution in [0.1, 0.15) is 24.1 Å². The minimum absolute atomic E-state index is 0.0238. The number of carbonyl (C=O) groups excluding carboxylic acids is 1. The van der Waals surface area contributed by atoms with Gasteiger partial charge in [-0.15, -0.1) is 0 Å². The largest absolute Gasteiger partial charge is 0.497 e. The number of rotatable bonds is 9. The monoisotopic (exact) mass is 536 g/mol. The number of esters is 1. The standard InChI is InChI=1S/C28H28N2O7S/c1-7-12-37-27(32)24-16(2)29-28-30(25(24)18-9-11-20(34-4)22(13-18)36-6)26(31)23(38-28)14-17-8-10-19(33-3)15-21(17)35-5/h7-11,13-15,25H,1,12H2,2-6H3/b23-14-/t25-/m0/s1. The average molecular weight is 537 g/mol. The fraction of sp³-hybridized carbons (Fsp3) is 0.250. The number of hydrogen-bond acceptors (Lipinski definition) is 9. The molecule has 38 heavy (non-hydrogen) atoms. The van der Waals surface area contributed by atoms with Crippen LogP contribution >= 0.6 is 11.3 Å². The number of nitrogens with zero attached hydrogens (tertiary/aromatic N) is 2. The van der Waals surface area contributed by atoms with Gasteiger partial charge < -0.3 is 23.7 Å². The molecule has 0 amide bonds. The molecule has 1 aliphatic rings. The molecule has 1 aromatic heterocycles. The third-order valence-electron chi connectivity index (χ3n) is 6.02. The number of carbonyl (C=O) groups is 1. The summed E-state index contributed by atoms with van der Waals surface area (Å²) in [6.45, 7) is 5.36. The predicted molar refractivity (Wildman–Crippen MR) is 144 cm³/mol. The zero-order valence-corrected chi connectivity index (χ0v) is 22.6. The van der Waals surface area contributed by atoms with E-state index in [9.17, 15) is 9.59 Å². The second kappa shape index (κ2) is 11.4. The Morgan fingerprint density at radius 3 is 2.42 bits per heavy atom. The zero-order chi connectivity index (χ0) is 27.4. The van der Waals surface area contributed by atoms with Crippen molar-refractivity contribution in [2.24, 2.45) is 4.99 Å². The average Bonchev–Trinajstić information content (AvgIpc) is 3.24. The highest BCUT2D eigenvalue weighted by atomic mass is 32.1. The van der Waals surface area contributed by atoms with Crippen LogP contribution in [0.3, 0.4) is 0 Å². The Bertz CT molecular complexity index is 1600. The number of aromatic nitrogens is 1. The summed E-state index contributed by atoms with van der Waals surface area (Å²) in [5, 5.41) is 0. The normalized spacial score (nSPS) is 14.9. The molecule has 0 aliphatic carbocycles. The summed E-state index contributed by atoms with van der Waals surface area (Å²) in [6, 6.07) is 9.80. The van der Waals surface area contributed by atoms with Crippen molar-refractivity contribution >= 4 is 23.4 Å². The maximum Gasteiger partial charge on any atom is 0.338 e. The third-order valence-corrected chi connectivity index (χ3v) is 7.01. The van der Waals surface area contributed by atoms with Crippen molar-refractivity contribution in [2.45, 2.75) is 13.0 Å². The molecule has 0 unspecified atom stereocenters. The van der Waals surface area contributed by atoms with E-state index in [2.05, 4.69) is 11.6 Å². The molecule has 0 fully saturated rings. The van der Waals surface area contributed by atoms with Gasteiger partial charge in [-0.25, -0.2) is 9.79 Å². The summed E-state index contributed by atoms with van der Waals surface area (Å²) >= 11 is 1.22. The summed E-state index contributed by atoms with van der Waals surface area (Å²) in [5.41, 5.74) is 1.72. The first-order chi connectivity index (χ1) is 18.4. The minimum atomic E-state index is -0.803. The fourth-order valence-electron chi connectivity index (χ4n) is 4.21. The molecule has 0 N–H and O–H groups in total. The molecule has 1 aliphatic heterocycles. The smallest absolute Gasteiger partial charge is 0.338 e. The molecule has 2 aromatic carbocycles. The molecule has 0 bridgehead atoms. The van der Waals surface area contributed by atoms with Gasteiger partial charge in [-0.2, -0.15) is 0 Å². The number of hydrogen-bond donors (Lipinski definition) is 0. The molecule has 0 radical (unpaired) electrons. The van der Waals surface area contributed by atoms with E-state index in [0.29, 0.717) is 49.2 Å². The second-order valence-electron chi connectivity index (χ2n) is 8.19. The van der Waals surface area contributed by atoms with Crippen LogP contribution in [-0.2, 0) is 9.53 Å². The highest BCUT2D eigenvalue weighted by molar-refractivity contribution is 7.07. The van der Waals surface area contributed by atoms with Crippen LogP contribution in [0.5, 0.6) is 23.0 Å². The van der Waals surface area contributed by atoms with Crippen molar-refractivity contribution < 1.29 is 28.5 Å². The van der Waals surface area contributed by atoms with E-state index in [0.717, 1.165) is 0 Å². The molecular weight excluding hydrogens is 508 g/mol. The van der Waals surface area contributed by atoms with E-state index >= 15 is 0 Å². The Kier molecular flexibility index (Phi) is 8.02. The van der Waals surface area contributed by atoms with Gasteiger partial charge in [-0.3, -0.25) is 9.36 Å². The van der Waals surface area contributed by atoms with Crippen LogP contribution in [0.15, 0.2) is 70.1 Å². The van der Waals surface area contributed by atoms with Crippen LogP contribution in [0.2, 0.25) is 0 Å².